The SMILES string of the molecule is NC(=O)Nc1ccc(NC2CCS(=O)CC2)cc1. The second kappa shape index (κ2) is 5.86. The molecule has 1 heterocycles. The van der Waals surface area contributed by atoms with E-state index >= 15 is 0 Å². The summed E-state index contributed by atoms with van der Waals surface area (Å²) in [6.45, 7) is 0. The highest BCUT2D eigenvalue weighted by Crippen LogP contribution is 2.18. The van der Waals surface area contributed by atoms with Crippen LogP contribution in [0.4, 0.5) is 16.2 Å². The molecule has 1 aliphatic rings. The molecule has 0 unspecified atom stereocenters. The Kier molecular flexibility index (Phi) is 4.19. The minimum absolute atomic E-state index is 0.387. The van der Waals surface area contributed by atoms with Crippen LogP contribution in [-0.4, -0.2) is 27.8 Å². The monoisotopic (exact) mass is 267 g/mol. The van der Waals surface area contributed by atoms with Gasteiger partial charge in [0, 0.05) is 39.7 Å². The van der Waals surface area contributed by atoms with E-state index in [1.165, 1.54) is 0 Å². The van der Waals surface area contributed by atoms with Gasteiger partial charge in [0.15, 0.2) is 0 Å². The molecule has 98 valence electrons. The fourth-order valence-electron chi connectivity index (χ4n) is 1.97. The van der Waals surface area contributed by atoms with Crippen molar-refractivity contribution in [3.05, 3.63) is 24.3 Å². The number of carbonyl (C=O) groups excluding carboxylic acids is 1. The number of hydrogen-bond acceptors (Lipinski definition) is 3. The highest BCUT2D eigenvalue weighted by Gasteiger charge is 2.17. The first-order valence-corrected chi connectivity index (χ1v) is 7.40. The lowest BCUT2D eigenvalue weighted by Crippen LogP contribution is -2.29. The minimum Gasteiger partial charge on any atom is -0.382 e. The number of amides is 2. The van der Waals surface area contributed by atoms with E-state index in [-0.39, 0.29) is 0 Å². The van der Waals surface area contributed by atoms with Crippen molar-refractivity contribution in [2.24, 2.45) is 5.73 Å². The van der Waals surface area contributed by atoms with E-state index in [9.17, 15) is 9.00 Å². The number of anilines is 2. The summed E-state index contributed by atoms with van der Waals surface area (Å²) in [4.78, 5) is 10.7. The van der Waals surface area contributed by atoms with E-state index in [0.29, 0.717) is 11.7 Å². The third-order valence-electron chi connectivity index (χ3n) is 2.91. The molecule has 2 amide bonds. The Morgan fingerprint density at radius 3 is 2.28 bits per heavy atom. The second-order valence-electron chi connectivity index (χ2n) is 4.33. The standard InChI is InChI=1S/C12H17N3O2S/c13-12(16)15-10-3-1-9(2-4-10)14-11-5-7-18(17)8-6-11/h1-4,11,14H,5-8H2,(H3,13,15,16). The van der Waals surface area contributed by atoms with E-state index in [2.05, 4.69) is 10.6 Å². The molecule has 18 heavy (non-hydrogen) atoms. The Balaban J connectivity index is 1.90. The van der Waals surface area contributed by atoms with Crippen molar-refractivity contribution in [1.82, 2.24) is 0 Å². The fourth-order valence-corrected chi connectivity index (χ4v) is 3.26. The first-order valence-electron chi connectivity index (χ1n) is 5.91. The second-order valence-corrected chi connectivity index (χ2v) is 6.03. The number of nitrogens with two attached hydrogens (primary N) is 1. The summed E-state index contributed by atoms with van der Waals surface area (Å²) in [6, 6.07) is 7.22. The average molecular weight is 267 g/mol. The lowest BCUT2D eigenvalue weighted by atomic mass is 10.1. The van der Waals surface area contributed by atoms with Gasteiger partial charge in [-0.1, -0.05) is 0 Å². The number of hydrogen-bond donors (Lipinski definition) is 3. The lowest BCUT2D eigenvalue weighted by molar-refractivity contribution is 0.259. The van der Waals surface area contributed by atoms with Crippen molar-refractivity contribution in [3.63, 3.8) is 0 Å². The third kappa shape index (κ3) is 3.73. The maximum absolute atomic E-state index is 11.2. The molecule has 0 spiro atoms. The van der Waals surface area contributed by atoms with E-state index < -0.39 is 16.8 Å². The molecule has 1 fully saturated rings. The fraction of sp³-hybridized carbons (Fsp3) is 0.417. The van der Waals surface area contributed by atoms with Crippen LogP contribution in [0.25, 0.3) is 0 Å². The first-order chi connectivity index (χ1) is 8.63. The predicted molar refractivity (Wildman–Crippen MR) is 74.2 cm³/mol. The summed E-state index contributed by atoms with van der Waals surface area (Å²) in [7, 11) is -0.631. The Bertz CT molecular complexity index is 437. The molecule has 1 aliphatic heterocycles. The van der Waals surface area contributed by atoms with Gasteiger partial charge >= 0.3 is 6.03 Å². The zero-order valence-corrected chi connectivity index (χ0v) is 10.8. The van der Waals surface area contributed by atoms with Gasteiger partial charge in [-0.05, 0) is 37.1 Å². The Morgan fingerprint density at radius 1 is 1.17 bits per heavy atom. The van der Waals surface area contributed by atoms with Crippen molar-refractivity contribution in [1.29, 1.82) is 0 Å². The highest BCUT2D eigenvalue weighted by atomic mass is 32.2. The van der Waals surface area contributed by atoms with E-state index in [1.54, 1.807) is 12.1 Å². The number of primary amides is 1. The van der Waals surface area contributed by atoms with Crippen molar-refractivity contribution in [2.75, 3.05) is 22.1 Å². The van der Waals surface area contributed by atoms with Crippen molar-refractivity contribution >= 4 is 28.2 Å². The summed E-state index contributed by atoms with van der Waals surface area (Å²) in [6.07, 6.45) is 1.88. The average Bonchev–Trinajstić information content (AvgIpc) is 2.34. The topological polar surface area (TPSA) is 84.2 Å². The quantitative estimate of drug-likeness (QED) is 0.776. The van der Waals surface area contributed by atoms with Crippen LogP contribution >= 0.6 is 0 Å². The molecule has 5 nitrogen and oxygen atoms in total. The van der Waals surface area contributed by atoms with Crippen LogP contribution in [0.2, 0.25) is 0 Å². The zero-order valence-electron chi connectivity index (χ0n) is 10.0. The summed E-state index contributed by atoms with van der Waals surface area (Å²) >= 11 is 0. The van der Waals surface area contributed by atoms with Gasteiger partial charge in [-0.2, -0.15) is 0 Å². The molecule has 0 radical (unpaired) electrons. The van der Waals surface area contributed by atoms with Gasteiger partial charge in [0.2, 0.25) is 0 Å². The van der Waals surface area contributed by atoms with Gasteiger partial charge < -0.3 is 16.4 Å². The van der Waals surface area contributed by atoms with Gasteiger partial charge in [0.05, 0.1) is 0 Å². The largest absolute Gasteiger partial charge is 0.382 e. The Labute approximate surface area is 109 Å². The summed E-state index contributed by atoms with van der Waals surface area (Å²) in [5.74, 6) is 1.55. The number of urea groups is 1. The first kappa shape index (κ1) is 12.9. The number of carbonyl (C=O) groups is 1. The molecule has 1 aromatic rings. The van der Waals surface area contributed by atoms with Crippen molar-refractivity contribution in [2.45, 2.75) is 18.9 Å². The van der Waals surface area contributed by atoms with Crippen LogP contribution < -0.4 is 16.4 Å². The maximum Gasteiger partial charge on any atom is 0.316 e. The molecule has 0 saturated carbocycles. The van der Waals surface area contributed by atoms with Crippen LogP contribution in [-0.2, 0) is 10.8 Å². The van der Waals surface area contributed by atoms with E-state index in [0.717, 1.165) is 30.0 Å². The van der Waals surface area contributed by atoms with Crippen molar-refractivity contribution in [3.8, 4) is 0 Å². The van der Waals surface area contributed by atoms with Crippen LogP contribution in [0.15, 0.2) is 24.3 Å². The molecule has 0 aliphatic carbocycles. The smallest absolute Gasteiger partial charge is 0.316 e. The molecule has 1 saturated heterocycles. The van der Waals surface area contributed by atoms with Gasteiger partial charge in [0.1, 0.15) is 0 Å². The molecule has 1 aromatic carbocycles. The van der Waals surface area contributed by atoms with Gasteiger partial charge in [-0.25, -0.2) is 4.79 Å². The minimum atomic E-state index is -0.631. The van der Waals surface area contributed by atoms with Gasteiger partial charge in [-0.15, -0.1) is 0 Å². The summed E-state index contributed by atoms with van der Waals surface area (Å²) in [5, 5.41) is 5.92. The lowest BCUT2D eigenvalue weighted by Gasteiger charge is -2.23. The normalized spacial score (nSPS) is 23.3. The number of nitrogens with one attached hydrogen (secondary N) is 2. The molecule has 6 heteroatoms. The van der Waals surface area contributed by atoms with Crippen LogP contribution in [0.1, 0.15) is 12.8 Å². The Morgan fingerprint density at radius 2 is 1.72 bits per heavy atom. The van der Waals surface area contributed by atoms with Crippen LogP contribution in [0, 0.1) is 0 Å². The van der Waals surface area contributed by atoms with Crippen LogP contribution in [0.3, 0.4) is 0 Å². The molecular weight excluding hydrogens is 250 g/mol. The van der Waals surface area contributed by atoms with Crippen molar-refractivity contribution < 1.29 is 9.00 Å². The number of benzene rings is 1. The zero-order chi connectivity index (χ0) is 13.0. The molecule has 0 atom stereocenters. The Hall–Kier alpha value is -1.56. The molecular formula is C12H17N3O2S. The van der Waals surface area contributed by atoms with Gasteiger partial charge in [0.25, 0.3) is 0 Å². The molecule has 0 bridgehead atoms. The summed E-state index contributed by atoms with van der Waals surface area (Å²) in [5.41, 5.74) is 6.71. The molecule has 4 N–H and O–H groups in total. The predicted octanol–water partition coefficient (Wildman–Crippen LogP) is 1.50. The molecule has 0 aromatic heterocycles. The molecule has 2 rings (SSSR count). The third-order valence-corrected chi connectivity index (χ3v) is 4.29. The van der Waals surface area contributed by atoms with Gasteiger partial charge in [-0.3, -0.25) is 4.21 Å². The summed E-state index contributed by atoms with van der Waals surface area (Å²) < 4.78 is 11.2. The number of rotatable bonds is 3. The van der Waals surface area contributed by atoms with E-state index in [1.807, 2.05) is 12.1 Å². The van der Waals surface area contributed by atoms with Crippen LogP contribution in [0.5, 0.6) is 0 Å². The van der Waals surface area contributed by atoms with E-state index in [4.69, 9.17) is 5.73 Å². The highest BCUT2D eigenvalue weighted by molar-refractivity contribution is 7.85. The maximum atomic E-state index is 11.2.